The van der Waals surface area contributed by atoms with Gasteiger partial charge in [0.2, 0.25) is 0 Å². The molecule has 0 unspecified atom stereocenters. The van der Waals surface area contributed by atoms with Crippen LogP contribution >= 0.6 is 0 Å². The number of benzene rings is 1. The zero-order valence-electron chi connectivity index (χ0n) is 13.0. The number of fused-ring (bicyclic) bond motifs is 1. The summed E-state index contributed by atoms with van der Waals surface area (Å²) in [5.41, 5.74) is 1.09. The first kappa shape index (κ1) is 17.1. The topological polar surface area (TPSA) is 42.1 Å². The molecule has 0 aliphatic rings. The molecule has 0 saturated carbocycles. The Bertz CT molecular complexity index is 607. The Hall–Kier alpha value is -1.91. The van der Waals surface area contributed by atoms with Crippen LogP contribution in [0.1, 0.15) is 39.0 Å². The predicted octanol–water partition coefficient (Wildman–Crippen LogP) is 4.55. The molecule has 5 heteroatoms. The number of hydrogen-bond acceptors (Lipinski definition) is 2. The van der Waals surface area contributed by atoms with Crippen LogP contribution in [0, 0.1) is 6.92 Å². The molecule has 0 spiro atoms. The van der Waals surface area contributed by atoms with Crippen molar-refractivity contribution in [3.63, 3.8) is 0 Å². The number of halogens is 2. The number of H-pyrrole nitrogens is 1. The molecule has 1 aromatic carbocycles. The lowest BCUT2D eigenvalue weighted by atomic mass is 10.1. The Morgan fingerprint density at radius 2 is 1.71 bits per heavy atom. The van der Waals surface area contributed by atoms with E-state index in [-0.39, 0.29) is 11.2 Å². The molecular formula is C16H21F2NO2. The maximum absolute atomic E-state index is 13.3. The van der Waals surface area contributed by atoms with E-state index in [4.69, 9.17) is 0 Å². The van der Waals surface area contributed by atoms with E-state index in [1.54, 1.807) is 25.1 Å². The minimum absolute atomic E-state index is 0.105. The zero-order chi connectivity index (χ0) is 16.3. The first-order valence-corrected chi connectivity index (χ1v) is 6.63. The van der Waals surface area contributed by atoms with Crippen molar-refractivity contribution < 1.29 is 18.3 Å². The third-order valence-electron chi connectivity index (χ3n) is 2.73. The molecule has 1 aromatic heterocycles. The number of nitrogens with one attached hydrogen (secondary N) is 1. The lowest BCUT2D eigenvalue weighted by Gasteiger charge is -2.14. The molecule has 1 N–H and O–H groups in total. The fourth-order valence-corrected chi connectivity index (χ4v) is 1.99. The number of hydrogen-bond donors (Lipinski definition) is 1. The van der Waals surface area contributed by atoms with Gasteiger partial charge in [-0.1, -0.05) is 18.2 Å². The molecule has 0 radical (unpaired) electrons. The highest BCUT2D eigenvalue weighted by atomic mass is 19.3. The van der Waals surface area contributed by atoms with Gasteiger partial charge in [0.1, 0.15) is 5.60 Å². The number of para-hydroxylation sites is 1. The lowest BCUT2D eigenvalue weighted by molar-refractivity contribution is -0.138. The zero-order valence-corrected chi connectivity index (χ0v) is 13.0. The van der Waals surface area contributed by atoms with Gasteiger partial charge in [-0.2, -0.15) is 0 Å². The molecule has 0 aliphatic heterocycles. The quantitative estimate of drug-likeness (QED) is 0.826. The molecule has 2 rings (SSSR count). The number of rotatable bonds is 2. The highest BCUT2D eigenvalue weighted by Gasteiger charge is 2.29. The van der Waals surface area contributed by atoms with Crippen molar-refractivity contribution in [2.24, 2.45) is 0 Å². The average Bonchev–Trinajstić information content (AvgIpc) is 2.63. The lowest BCUT2D eigenvalue weighted by Crippen LogP contribution is -2.17. The summed E-state index contributed by atoms with van der Waals surface area (Å²) in [4.78, 5) is 12.6. The smallest absolute Gasteiger partial charge is 0.293 e. The van der Waals surface area contributed by atoms with Crippen LogP contribution in [0.3, 0.4) is 0 Å². The van der Waals surface area contributed by atoms with Crippen LogP contribution in [0.15, 0.2) is 24.3 Å². The van der Waals surface area contributed by atoms with Crippen LogP contribution in [0.25, 0.3) is 10.9 Å². The van der Waals surface area contributed by atoms with Crippen LogP contribution in [-0.2, 0) is 15.5 Å². The van der Waals surface area contributed by atoms with E-state index in [1.165, 1.54) is 0 Å². The Morgan fingerprint density at radius 3 is 2.14 bits per heavy atom. The second kappa shape index (κ2) is 6.24. The van der Waals surface area contributed by atoms with E-state index in [1.807, 2.05) is 26.8 Å². The SMILES string of the molecule is CC(C)(C)OC=O.Cc1[nH]c2ccccc2c1C(C)(F)F. The van der Waals surface area contributed by atoms with Gasteiger partial charge in [-0.15, -0.1) is 0 Å². The Kier molecular flexibility index (Phi) is 5.10. The minimum Gasteiger partial charge on any atom is -0.462 e. The molecule has 116 valence electrons. The summed E-state index contributed by atoms with van der Waals surface area (Å²) in [5.74, 6) is -2.79. The van der Waals surface area contributed by atoms with Gasteiger partial charge in [-0.3, -0.25) is 4.79 Å². The number of aromatic nitrogens is 1. The van der Waals surface area contributed by atoms with Crippen molar-refractivity contribution in [3.05, 3.63) is 35.5 Å². The van der Waals surface area contributed by atoms with E-state index in [2.05, 4.69) is 9.72 Å². The average molecular weight is 297 g/mol. The van der Waals surface area contributed by atoms with Crippen LogP contribution in [0.4, 0.5) is 8.78 Å². The van der Waals surface area contributed by atoms with Crippen molar-refractivity contribution in [1.29, 1.82) is 0 Å². The van der Waals surface area contributed by atoms with Gasteiger partial charge in [0.05, 0.1) is 0 Å². The summed E-state index contributed by atoms with van der Waals surface area (Å²) in [7, 11) is 0. The summed E-state index contributed by atoms with van der Waals surface area (Å²) in [5, 5.41) is 0.609. The van der Waals surface area contributed by atoms with Gasteiger partial charge in [-0.05, 0) is 33.8 Å². The van der Waals surface area contributed by atoms with E-state index < -0.39 is 5.92 Å². The van der Waals surface area contributed by atoms with E-state index in [9.17, 15) is 13.6 Å². The predicted molar refractivity (Wildman–Crippen MR) is 79.5 cm³/mol. The van der Waals surface area contributed by atoms with E-state index >= 15 is 0 Å². The molecular weight excluding hydrogens is 276 g/mol. The van der Waals surface area contributed by atoms with Crippen molar-refractivity contribution in [2.45, 2.75) is 46.1 Å². The number of alkyl halides is 2. The Morgan fingerprint density at radius 1 is 1.14 bits per heavy atom. The van der Waals surface area contributed by atoms with Crippen molar-refractivity contribution in [1.82, 2.24) is 4.98 Å². The van der Waals surface area contributed by atoms with Gasteiger partial charge in [0.15, 0.2) is 0 Å². The van der Waals surface area contributed by atoms with Gasteiger partial charge in [-0.25, -0.2) is 8.78 Å². The fourth-order valence-electron chi connectivity index (χ4n) is 1.99. The summed E-state index contributed by atoms with van der Waals surface area (Å²) >= 11 is 0. The van der Waals surface area contributed by atoms with Crippen LogP contribution in [-0.4, -0.2) is 17.1 Å². The third kappa shape index (κ3) is 4.85. The number of carbonyl (C=O) groups excluding carboxylic acids is 1. The summed E-state index contributed by atoms with van der Waals surface area (Å²) < 4.78 is 31.1. The van der Waals surface area contributed by atoms with Crippen molar-refractivity contribution in [2.75, 3.05) is 0 Å². The van der Waals surface area contributed by atoms with Gasteiger partial charge >= 0.3 is 0 Å². The molecule has 0 saturated heterocycles. The highest BCUT2D eigenvalue weighted by Crippen LogP contribution is 2.35. The largest absolute Gasteiger partial charge is 0.462 e. The molecule has 3 nitrogen and oxygen atoms in total. The first-order valence-electron chi connectivity index (χ1n) is 6.63. The number of aryl methyl sites for hydroxylation is 1. The molecule has 0 amide bonds. The van der Waals surface area contributed by atoms with E-state index in [0.29, 0.717) is 17.6 Å². The molecule has 0 fully saturated rings. The monoisotopic (exact) mass is 297 g/mol. The fraction of sp³-hybridized carbons (Fsp3) is 0.438. The second-order valence-electron chi connectivity index (χ2n) is 5.89. The molecule has 21 heavy (non-hydrogen) atoms. The number of ether oxygens (including phenoxy) is 1. The third-order valence-corrected chi connectivity index (χ3v) is 2.73. The molecule has 0 atom stereocenters. The van der Waals surface area contributed by atoms with E-state index in [0.717, 1.165) is 12.4 Å². The summed E-state index contributed by atoms with van der Waals surface area (Å²) in [6, 6.07) is 7.11. The number of carbonyl (C=O) groups is 1. The minimum atomic E-state index is -2.79. The number of aromatic amines is 1. The molecule has 2 aromatic rings. The van der Waals surface area contributed by atoms with Crippen molar-refractivity contribution >= 4 is 17.4 Å². The summed E-state index contributed by atoms with van der Waals surface area (Å²) in [6.07, 6.45) is 0. The van der Waals surface area contributed by atoms with Gasteiger partial charge in [0, 0.05) is 29.1 Å². The molecule has 1 heterocycles. The van der Waals surface area contributed by atoms with Crippen molar-refractivity contribution in [3.8, 4) is 0 Å². The van der Waals surface area contributed by atoms with Gasteiger partial charge in [0.25, 0.3) is 12.4 Å². The van der Waals surface area contributed by atoms with Crippen LogP contribution < -0.4 is 0 Å². The Balaban J connectivity index is 0.000000270. The van der Waals surface area contributed by atoms with Crippen LogP contribution in [0.5, 0.6) is 0 Å². The highest BCUT2D eigenvalue weighted by molar-refractivity contribution is 5.85. The molecule has 0 bridgehead atoms. The van der Waals surface area contributed by atoms with Gasteiger partial charge < -0.3 is 9.72 Å². The van der Waals surface area contributed by atoms with Crippen LogP contribution in [0.2, 0.25) is 0 Å². The standard InChI is InChI=1S/C11H11F2N.C5H10O2/c1-7-10(11(2,12)13)8-5-3-4-6-9(8)14-7;1-5(2,3)7-4-6/h3-6,14H,1-2H3;4H,1-3H3. The Labute approximate surface area is 123 Å². The summed E-state index contributed by atoms with van der Waals surface area (Å²) in [6.45, 7) is 8.52. The first-order chi connectivity index (χ1) is 9.56. The normalized spacial score (nSPS) is 11.8. The molecule has 0 aliphatic carbocycles. The second-order valence-corrected chi connectivity index (χ2v) is 5.89. The maximum atomic E-state index is 13.3. The maximum Gasteiger partial charge on any atom is 0.293 e.